The second-order valence-electron chi connectivity index (χ2n) is 3.09. The van der Waals surface area contributed by atoms with E-state index in [9.17, 15) is 4.79 Å². The smallest absolute Gasteiger partial charge is 0.186 e. The first-order valence-corrected chi connectivity index (χ1v) is 6.55. The van der Waals surface area contributed by atoms with E-state index in [4.69, 9.17) is 4.74 Å². The number of carbonyl (C=O) groups is 1. The van der Waals surface area contributed by atoms with Gasteiger partial charge in [0.15, 0.2) is 5.12 Å². The van der Waals surface area contributed by atoms with Gasteiger partial charge < -0.3 is 4.74 Å². The zero-order chi connectivity index (χ0) is 12.0. The number of methoxy groups -OCH3 is 1. The Morgan fingerprint density at radius 2 is 2.31 bits per heavy atom. The van der Waals surface area contributed by atoms with E-state index in [1.165, 1.54) is 11.8 Å². The maximum Gasteiger partial charge on any atom is 0.186 e. The molecule has 86 valence electrons. The van der Waals surface area contributed by atoms with Crippen molar-refractivity contribution in [2.75, 3.05) is 12.9 Å². The summed E-state index contributed by atoms with van der Waals surface area (Å²) in [5.74, 6) is 1.51. The molecule has 0 saturated carbocycles. The van der Waals surface area contributed by atoms with E-state index in [0.29, 0.717) is 5.75 Å². The quantitative estimate of drug-likeness (QED) is 0.847. The number of thioether (sulfide) groups is 1. The standard InChI is InChI=1S/C12H13BrO2S/c1-9(14)16-7-3-4-10-5-6-11(13)8-12(10)15-2/h3-6,8H,7H2,1-2H3. The lowest BCUT2D eigenvalue weighted by Crippen LogP contribution is -1.87. The molecule has 0 aromatic heterocycles. The van der Waals surface area contributed by atoms with E-state index in [0.717, 1.165) is 15.8 Å². The summed E-state index contributed by atoms with van der Waals surface area (Å²) in [6.45, 7) is 1.57. The summed E-state index contributed by atoms with van der Waals surface area (Å²) in [5, 5.41) is 0.132. The molecular formula is C12H13BrO2S. The third-order valence-corrected chi connectivity index (χ3v) is 3.13. The fourth-order valence-electron chi connectivity index (χ4n) is 1.16. The molecule has 0 saturated heterocycles. The molecule has 0 aliphatic rings. The highest BCUT2D eigenvalue weighted by Crippen LogP contribution is 2.24. The molecule has 2 nitrogen and oxygen atoms in total. The maximum atomic E-state index is 10.7. The summed E-state index contributed by atoms with van der Waals surface area (Å²) in [6, 6.07) is 5.84. The van der Waals surface area contributed by atoms with Crippen molar-refractivity contribution in [3.05, 3.63) is 34.3 Å². The summed E-state index contributed by atoms with van der Waals surface area (Å²) in [5.41, 5.74) is 1.01. The minimum atomic E-state index is 0.132. The lowest BCUT2D eigenvalue weighted by molar-refractivity contribution is -0.109. The van der Waals surface area contributed by atoms with Crippen LogP contribution in [0, 0.1) is 0 Å². The number of hydrogen-bond donors (Lipinski definition) is 0. The number of halogens is 1. The Balaban J connectivity index is 2.69. The molecule has 1 aromatic carbocycles. The van der Waals surface area contributed by atoms with Crippen LogP contribution in [0.2, 0.25) is 0 Å². The molecule has 0 spiro atoms. The van der Waals surface area contributed by atoms with Gasteiger partial charge in [-0.15, -0.1) is 0 Å². The van der Waals surface area contributed by atoms with Gasteiger partial charge in [-0.3, -0.25) is 4.79 Å². The molecular weight excluding hydrogens is 288 g/mol. The topological polar surface area (TPSA) is 26.3 Å². The monoisotopic (exact) mass is 300 g/mol. The molecule has 0 amide bonds. The van der Waals surface area contributed by atoms with Gasteiger partial charge in [-0.25, -0.2) is 0 Å². The molecule has 0 heterocycles. The minimum absolute atomic E-state index is 0.132. The molecule has 0 N–H and O–H groups in total. The number of hydrogen-bond acceptors (Lipinski definition) is 3. The minimum Gasteiger partial charge on any atom is -0.496 e. The Bertz CT molecular complexity index is 402. The van der Waals surface area contributed by atoms with Crippen LogP contribution in [0.1, 0.15) is 12.5 Å². The fraction of sp³-hybridized carbons (Fsp3) is 0.250. The molecule has 1 aromatic rings. The second-order valence-corrected chi connectivity index (χ2v) is 5.20. The van der Waals surface area contributed by atoms with Crippen molar-refractivity contribution in [2.24, 2.45) is 0 Å². The van der Waals surface area contributed by atoms with Crippen LogP contribution < -0.4 is 4.74 Å². The van der Waals surface area contributed by atoms with Crippen molar-refractivity contribution in [2.45, 2.75) is 6.92 Å². The van der Waals surface area contributed by atoms with Crippen molar-refractivity contribution in [1.82, 2.24) is 0 Å². The fourth-order valence-corrected chi connectivity index (χ4v) is 1.93. The molecule has 0 aliphatic heterocycles. The van der Waals surface area contributed by atoms with Crippen LogP contribution in [-0.4, -0.2) is 18.0 Å². The Morgan fingerprint density at radius 1 is 1.56 bits per heavy atom. The van der Waals surface area contributed by atoms with Crippen LogP contribution in [-0.2, 0) is 4.79 Å². The Hall–Kier alpha value is -0.740. The maximum absolute atomic E-state index is 10.7. The van der Waals surface area contributed by atoms with Crippen LogP contribution in [0.4, 0.5) is 0 Å². The van der Waals surface area contributed by atoms with E-state index < -0.39 is 0 Å². The molecule has 0 radical (unpaired) electrons. The van der Waals surface area contributed by atoms with E-state index >= 15 is 0 Å². The largest absolute Gasteiger partial charge is 0.496 e. The number of carbonyl (C=O) groups excluding carboxylic acids is 1. The highest BCUT2D eigenvalue weighted by molar-refractivity contribution is 9.10. The van der Waals surface area contributed by atoms with Crippen molar-refractivity contribution >= 4 is 38.9 Å². The molecule has 0 bridgehead atoms. The van der Waals surface area contributed by atoms with Crippen molar-refractivity contribution in [3.8, 4) is 5.75 Å². The highest BCUT2D eigenvalue weighted by Gasteiger charge is 1.99. The van der Waals surface area contributed by atoms with Gasteiger partial charge >= 0.3 is 0 Å². The summed E-state index contributed by atoms with van der Waals surface area (Å²) in [7, 11) is 1.64. The van der Waals surface area contributed by atoms with E-state index in [2.05, 4.69) is 15.9 Å². The first-order chi connectivity index (χ1) is 7.63. The average Bonchev–Trinajstić information content (AvgIpc) is 2.25. The van der Waals surface area contributed by atoms with Gasteiger partial charge in [0.05, 0.1) is 7.11 Å². The van der Waals surface area contributed by atoms with Crippen LogP contribution >= 0.6 is 27.7 Å². The SMILES string of the molecule is COc1cc(Br)ccc1C=CCSC(C)=O. The molecule has 4 heteroatoms. The second kappa shape index (κ2) is 6.76. The average molecular weight is 301 g/mol. The van der Waals surface area contributed by atoms with Gasteiger partial charge in [0.2, 0.25) is 0 Å². The van der Waals surface area contributed by atoms with Crippen LogP contribution in [0.15, 0.2) is 28.7 Å². The zero-order valence-electron chi connectivity index (χ0n) is 9.20. The highest BCUT2D eigenvalue weighted by atomic mass is 79.9. The lowest BCUT2D eigenvalue weighted by atomic mass is 10.2. The van der Waals surface area contributed by atoms with Crippen molar-refractivity contribution < 1.29 is 9.53 Å². The van der Waals surface area contributed by atoms with E-state index in [1.807, 2.05) is 30.4 Å². The van der Waals surface area contributed by atoms with Crippen molar-refractivity contribution in [3.63, 3.8) is 0 Å². The van der Waals surface area contributed by atoms with Gasteiger partial charge in [-0.1, -0.05) is 45.9 Å². The Morgan fingerprint density at radius 3 is 2.94 bits per heavy atom. The van der Waals surface area contributed by atoms with Crippen LogP contribution in [0.5, 0.6) is 5.75 Å². The van der Waals surface area contributed by atoms with E-state index in [-0.39, 0.29) is 5.12 Å². The molecule has 1 rings (SSSR count). The third kappa shape index (κ3) is 4.41. The van der Waals surface area contributed by atoms with Gasteiger partial charge in [-0.2, -0.15) is 0 Å². The summed E-state index contributed by atoms with van der Waals surface area (Å²) < 4.78 is 6.24. The molecule has 16 heavy (non-hydrogen) atoms. The molecule has 0 fully saturated rings. The zero-order valence-corrected chi connectivity index (χ0v) is 11.6. The van der Waals surface area contributed by atoms with Gasteiger partial charge in [-0.05, 0) is 12.1 Å². The van der Waals surface area contributed by atoms with Gasteiger partial charge in [0, 0.05) is 22.7 Å². The predicted octanol–water partition coefficient (Wildman–Crippen LogP) is 3.75. The van der Waals surface area contributed by atoms with Gasteiger partial charge in [0.1, 0.15) is 5.75 Å². The summed E-state index contributed by atoms with van der Waals surface area (Å²) in [4.78, 5) is 10.7. The molecule has 0 atom stereocenters. The number of ether oxygens (including phenoxy) is 1. The Labute approximate surface area is 108 Å². The van der Waals surface area contributed by atoms with Crippen LogP contribution in [0.3, 0.4) is 0 Å². The number of rotatable bonds is 4. The predicted molar refractivity (Wildman–Crippen MR) is 72.9 cm³/mol. The summed E-state index contributed by atoms with van der Waals surface area (Å²) >= 11 is 4.68. The molecule has 0 aliphatic carbocycles. The van der Waals surface area contributed by atoms with E-state index in [1.54, 1.807) is 14.0 Å². The van der Waals surface area contributed by atoms with Crippen molar-refractivity contribution in [1.29, 1.82) is 0 Å². The third-order valence-electron chi connectivity index (χ3n) is 1.88. The Kier molecular flexibility index (Phi) is 5.63. The first kappa shape index (κ1) is 13.3. The van der Waals surface area contributed by atoms with Gasteiger partial charge in [0.25, 0.3) is 0 Å². The van der Waals surface area contributed by atoms with Crippen LogP contribution in [0.25, 0.3) is 6.08 Å². The summed E-state index contributed by atoms with van der Waals surface area (Å²) in [6.07, 6.45) is 3.92. The number of benzene rings is 1. The lowest BCUT2D eigenvalue weighted by Gasteiger charge is -2.04. The first-order valence-electron chi connectivity index (χ1n) is 4.77. The molecule has 0 unspecified atom stereocenters. The normalized spacial score (nSPS) is 10.7.